The van der Waals surface area contributed by atoms with E-state index in [4.69, 9.17) is 0 Å². The lowest BCUT2D eigenvalue weighted by atomic mass is 10.1. The van der Waals surface area contributed by atoms with Crippen molar-refractivity contribution in [2.45, 2.75) is 30.7 Å². The molecule has 1 aliphatic rings. The number of carbonyl (C=O) groups excluding carboxylic acids is 2. The normalized spacial score (nSPS) is 21.0. The fourth-order valence-electron chi connectivity index (χ4n) is 3.36. The molecule has 1 aromatic rings. The number of quaternary nitrogens is 2. The van der Waals surface area contributed by atoms with E-state index >= 15 is 0 Å². The van der Waals surface area contributed by atoms with E-state index in [2.05, 4.69) is 17.6 Å². The molecule has 0 radical (unpaired) electrons. The summed E-state index contributed by atoms with van der Waals surface area (Å²) >= 11 is 1.60. The van der Waals surface area contributed by atoms with Crippen molar-refractivity contribution in [3.05, 3.63) is 24.3 Å². The SMILES string of the molecule is CC[NH+]1CCC(NC(=O)C[NH+](C)CC(=O)Nc2ccccc2SC)CC1. The average Bonchev–Trinajstić information content (AvgIpc) is 2.62. The maximum atomic E-state index is 12.3. The molecule has 2 amide bonds. The monoisotopic (exact) mass is 380 g/mol. The van der Waals surface area contributed by atoms with E-state index < -0.39 is 0 Å². The minimum atomic E-state index is -0.0725. The molecule has 26 heavy (non-hydrogen) atoms. The van der Waals surface area contributed by atoms with Gasteiger partial charge in [-0.15, -0.1) is 11.8 Å². The van der Waals surface area contributed by atoms with E-state index in [1.54, 1.807) is 16.7 Å². The molecule has 1 fully saturated rings. The van der Waals surface area contributed by atoms with E-state index in [9.17, 15) is 9.59 Å². The number of thioether (sulfide) groups is 1. The topological polar surface area (TPSA) is 67.1 Å². The molecule has 0 saturated carbocycles. The van der Waals surface area contributed by atoms with Crippen molar-refractivity contribution in [3.8, 4) is 0 Å². The van der Waals surface area contributed by atoms with E-state index in [1.165, 1.54) is 0 Å². The molecule has 0 aromatic heterocycles. The summed E-state index contributed by atoms with van der Waals surface area (Å²) in [6.07, 6.45) is 4.07. The molecule has 1 aliphatic heterocycles. The number of nitrogens with one attached hydrogen (secondary N) is 4. The second kappa shape index (κ2) is 10.5. The standard InChI is InChI=1S/C19H30N4O2S/c1-4-23-11-9-15(10-12-23)20-18(24)13-22(2)14-19(25)21-16-7-5-6-8-17(16)26-3/h5-8,15H,4,9-14H2,1-3H3,(H,20,24)(H,21,25)/p+2. The number of carbonyl (C=O) groups is 2. The van der Waals surface area contributed by atoms with Gasteiger partial charge in [0.25, 0.3) is 11.8 Å². The van der Waals surface area contributed by atoms with Crippen LogP contribution in [0.2, 0.25) is 0 Å². The largest absolute Gasteiger partial charge is 0.348 e. The van der Waals surface area contributed by atoms with Crippen molar-refractivity contribution in [1.82, 2.24) is 5.32 Å². The predicted molar refractivity (Wildman–Crippen MR) is 106 cm³/mol. The second-order valence-electron chi connectivity index (χ2n) is 7.00. The highest BCUT2D eigenvalue weighted by atomic mass is 32.2. The van der Waals surface area contributed by atoms with Crippen LogP contribution in [0.1, 0.15) is 19.8 Å². The third kappa shape index (κ3) is 6.63. The Morgan fingerprint density at radius 2 is 1.85 bits per heavy atom. The van der Waals surface area contributed by atoms with Crippen molar-refractivity contribution in [3.63, 3.8) is 0 Å². The average molecular weight is 381 g/mol. The highest BCUT2D eigenvalue weighted by Crippen LogP contribution is 2.24. The molecule has 1 aromatic carbocycles. The van der Waals surface area contributed by atoms with Crippen molar-refractivity contribution in [2.75, 3.05) is 51.3 Å². The van der Waals surface area contributed by atoms with Gasteiger partial charge >= 0.3 is 0 Å². The summed E-state index contributed by atoms with van der Waals surface area (Å²) in [7, 11) is 1.88. The molecule has 7 heteroatoms. The molecule has 4 N–H and O–H groups in total. The van der Waals surface area contributed by atoms with Crippen LogP contribution >= 0.6 is 11.8 Å². The third-order valence-corrected chi connectivity index (χ3v) is 5.66. The number of likely N-dealkylation sites (tertiary alicyclic amines) is 1. The van der Waals surface area contributed by atoms with E-state index in [-0.39, 0.29) is 24.4 Å². The van der Waals surface area contributed by atoms with Gasteiger partial charge in [-0.3, -0.25) is 9.59 Å². The van der Waals surface area contributed by atoms with Crippen molar-refractivity contribution in [1.29, 1.82) is 0 Å². The van der Waals surface area contributed by atoms with Gasteiger partial charge in [0.15, 0.2) is 13.1 Å². The maximum absolute atomic E-state index is 12.3. The number of rotatable bonds is 8. The van der Waals surface area contributed by atoms with Crippen LogP contribution < -0.4 is 20.4 Å². The lowest BCUT2D eigenvalue weighted by molar-refractivity contribution is -0.903. The van der Waals surface area contributed by atoms with Crippen LogP contribution in [0.3, 0.4) is 0 Å². The van der Waals surface area contributed by atoms with Gasteiger partial charge in [-0.05, 0) is 25.3 Å². The Balaban J connectivity index is 1.72. The number of benzene rings is 1. The number of likely N-dealkylation sites (N-methyl/N-ethyl adjacent to an activating group) is 1. The predicted octanol–water partition coefficient (Wildman–Crippen LogP) is -0.955. The van der Waals surface area contributed by atoms with Crippen LogP contribution in [-0.2, 0) is 9.59 Å². The van der Waals surface area contributed by atoms with Gasteiger partial charge in [-0.2, -0.15) is 0 Å². The Labute approximate surface area is 160 Å². The first-order valence-electron chi connectivity index (χ1n) is 9.39. The quantitative estimate of drug-likeness (QED) is 0.440. The summed E-state index contributed by atoms with van der Waals surface area (Å²) < 4.78 is 0. The first-order chi connectivity index (χ1) is 12.5. The number of para-hydroxylation sites is 1. The molecule has 1 unspecified atom stereocenters. The fourth-order valence-corrected chi connectivity index (χ4v) is 3.91. The summed E-state index contributed by atoms with van der Waals surface area (Å²) in [6.45, 7) is 6.20. The Hall–Kier alpha value is -1.57. The van der Waals surface area contributed by atoms with Gasteiger partial charge in [-0.25, -0.2) is 0 Å². The lowest BCUT2D eigenvalue weighted by Gasteiger charge is -2.29. The molecule has 1 saturated heterocycles. The second-order valence-corrected chi connectivity index (χ2v) is 7.85. The summed E-state index contributed by atoms with van der Waals surface area (Å²) in [4.78, 5) is 28.0. The van der Waals surface area contributed by atoms with Crippen molar-refractivity contribution < 1.29 is 19.4 Å². The van der Waals surface area contributed by atoms with Crippen LogP contribution in [0.15, 0.2) is 29.2 Å². The molecule has 1 atom stereocenters. The van der Waals surface area contributed by atoms with Crippen molar-refractivity contribution in [2.24, 2.45) is 0 Å². The van der Waals surface area contributed by atoms with Crippen LogP contribution in [0.5, 0.6) is 0 Å². The van der Waals surface area contributed by atoms with Gasteiger partial charge in [0.1, 0.15) is 0 Å². The molecule has 0 spiro atoms. The van der Waals surface area contributed by atoms with Gasteiger partial charge in [-0.1, -0.05) is 12.1 Å². The van der Waals surface area contributed by atoms with E-state index in [0.717, 1.165) is 48.0 Å². The number of hydrogen-bond donors (Lipinski definition) is 4. The third-order valence-electron chi connectivity index (χ3n) is 4.86. The van der Waals surface area contributed by atoms with Gasteiger partial charge in [0, 0.05) is 23.8 Å². The number of hydrogen-bond acceptors (Lipinski definition) is 3. The number of anilines is 1. The Morgan fingerprint density at radius 1 is 1.19 bits per heavy atom. The van der Waals surface area contributed by atoms with Gasteiger partial charge in [0.05, 0.1) is 32.4 Å². The van der Waals surface area contributed by atoms with Gasteiger partial charge in [0.2, 0.25) is 0 Å². The van der Waals surface area contributed by atoms with Crippen LogP contribution in [0.4, 0.5) is 5.69 Å². The zero-order valence-electron chi connectivity index (χ0n) is 16.1. The Morgan fingerprint density at radius 3 is 2.50 bits per heavy atom. The summed E-state index contributed by atoms with van der Waals surface area (Å²) in [5.41, 5.74) is 0.826. The van der Waals surface area contributed by atoms with Crippen LogP contribution in [0.25, 0.3) is 0 Å². The zero-order valence-corrected chi connectivity index (χ0v) is 16.9. The minimum Gasteiger partial charge on any atom is -0.348 e. The Kier molecular flexibility index (Phi) is 8.41. The lowest BCUT2D eigenvalue weighted by Crippen LogP contribution is -3.13. The van der Waals surface area contributed by atoms with Gasteiger partial charge < -0.3 is 20.4 Å². The first-order valence-corrected chi connectivity index (χ1v) is 10.6. The van der Waals surface area contributed by atoms with E-state index in [0.29, 0.717) is 6.54 Å². The summed E-state index contributed by atoms with van der Waals surface area (Å²) in [5, 5.41) is 6.07. The minimum absolute atomic E-state index is 0.0322. The number of amides is 2. The van der Waals surface area contributed by atoms with E-state index in [1.807, 2.05) is 37.6 Å². The molecule has 144 valence electrons. The van der Waals surface area contributed by atoms with Crippen LogP contribution in [0, 0.1) is 0 Å². The fraction of sp³-hybridized carbons (Fsp3) is 0.579. The highest BCUT2D eigenvalue weighted by Gasteiger charge is 2.23. The molecule has 2 rings (SSSR count). The Bertz CT molecular complexity index is 603. The molecule has 0 bridgehead atoms. The zero-order chi connectivity index (χ0) is 18.9. The smallest absolute Gasteiger partial charge is 0.279 e. The van der Waals surface area contributed by atoms with Crippen LogP contribution in [-0.4, -0.2) is 63.9 Å². The first kappa shape index (κ1) is 20.7. The van der Waals surface area contributed by atoms with Crippen molar-refractivity contribution >= 4 is 29.3 Å². The molecular weight excluding hydrogens is 348 g/mol. The summed E-state index contributed by atoms with van der Waals surface area (Å²) in [6, 6.07) is 8.03. The number of piperidine rings is 1. The summed E-state index contributed by atoms with van der Waals surface area (Å²) in [5.74, 6) is -0.0404. The molecular formula is C19H32N4O2S+2. The molecule has 6 nitrogen and oxygen atoms in total. The molecule has 1 heterocycles. The maximum Gasteiger partial charge on any atom is 0.279 e. The highest BCUT2D eigenvalue weighted by molar-refractivity contribution is 7.98. The molecule has 0 aliphatic carbocycles.